The predicted molar refractivity (Wildman–Crippen MR) is 176 cm³/mol. The molecule has 47 heavy (non-hydrogen) atoms. The molecule has 4 heterocycles. The third kappa shape index (κ3) is 7.72. The Hall–Kier alpha value is -1.72. The molecule has 0 amide bonds. The van der Waals surface area contributed by atoms with Crippen LogP contribution in [0.25, 0.3) is 0 Å². The number of esters is 1. The highest BCUT2D eigenvalue weighted by Gasteiger charge is 2.66. The summed E-state index contributed by atoms with van der Waals surface area (Å²) in [5.74, 6) is -4.14. The summed E-state index contributed by atoms with van der Waals surface area (Å²) < 4.78 is 62.4. The van der Waals surface area contributed by atoms with E-state index in [0.717, 1.165) is 11.1 Å². The first-order chi connectivity index (χ1) is 22.4. The maximum Gasteiger partial charge on any atom is 0.319 e. The van der Waals surface area contributed by atoms with Crippen LogP contribution in [0.3, 0.4) is 0 Å². The third-order valence-electron chi connectivity index (χ3n) is 8.89. The van der Waals surface area contributed by atoms with Crippen molar-refractivity contribution in [1.82, 2.24) is 0 Å². The van der Waals surface area contributed by atoms with Crippen LogP contribution in [-0.4, -0.2) is 90.5 Å². The zero-order chi connectivity index (χ0) is 33.4. The minimum atomic E-state index is -1.31. The molecule has 0 aromatic heterocycles. The van der Waals surface area contributed by atoms with Gasteiger partial charge in [-0.05, 0) is 45.7 Å². The summed E-state index contributed by atoms with van der Waals surface area (Å²) in [5, 5.41) is 0. The molecule has 2 aromatic rings. The lowest BCUT2D eigenvalue weighted by Crippen LogP contribution is -2.63. The van der Waals surface area contributed by atoms with Crippen molar-refractivity contribution < 1.29 is 52.2 Å². The molecule has 10 atom stereocenters. The van der Waals surface area contributed by atoms with E-state index in [1.54, 1.807) is 0 Å². The molecular formula is C35H45IO11. The average molecular weight is 769 g/mol. The topological polar surface area (TPSA) is 109 Å². The lowest BCUT2D eigenvalue weighted by Gasteiger charge is -2.47. The second-order valence-electron chi connectivity index (χ2n) is 13.3. The predicted octanol–water partition coefficient (Wildman–Crippen LogP) is 4.91. The first-order valence-electron chi connectivity index (χ1n) is 16.1. The maximum absolute atomic E-state index is 13.2. The smallest absolute Gasteiger partial charge is 0.319 e. The second-order valence-corrected chi connectivity index (χ2v) is 14.7. The van der Waals surface area contributed by atoms with Crippen molar-refractivity contribution in [3.8, 4) is 0 Å². The Labute approximate surface area is 289 Å². The van der Waals surface area contributed by atoms with Gasteiger partial charge in [0.15, 0.2) is 17.9 Å². The number of alkyl halides is 1. The third-order valence-corrected chi connectivity index (χ3v) is 10.2. The highest BCUT2D eigenvalue weighted by Crippen LogP contribution is 2.48. The number of carbonyl (C=O) groups excluding carboxylic acids is 1. The molecule has 11 nitrogen and oxygen atoms in total. The lowest BCUT2D eigenvalue weighted by molar-refractivity contribution is -0.341. The summed E-state index contributed by atoms with van der Waals surface area (Å²) in [6.45, 7) is 10.1. The van der Waals surface area contributed by atoms with E-state index < -0.39 is 70.0 Å². The van der Waals surface area contributed by atoms with E-state index in [4.69, 9.17) is 47.4 Å². The molecular weight excluding hydrogens is 723 g/mol. The molecule has 0 spiro atoms. The number of hydrogen-bond donors (Lipinski definition) is 0. The number of ether oxygens (including phenoxy) is 10. The first-order valence-corrected chi connectivity index (χ1v) is 17.3. The van der Waals surface area contributed by atoms with Crippen molar-refractivity contribution in [3.05, 3.63) is 71.8 Å². The number of fused-ring (bicyclic) bond motifs is 3. The number of hydrogen-bond acceptors (Lipinski definition) is 11. The molecule has 4 fully saturated rings. The molecule has 12 heteroatoms. The van der Waals surface area contributed by atoms with Gasteiger partial charge < -0.3 is 47.4 Å². The van der Waals surface area contributed by atoms with Gasteiger partial charge in [-0.2, -0.15) is 0 Å². The molecule has 6 rings (SSSR count). The Morgan fingerprint density at radius 1 is 0.872 bits per heavy atom. The Morgan fingerprint density at radius 2 is 1.49 bits per heavy atom. The van der Waals surface area contributed by atoms with Crippen LogP contribution < -0.4 is 0 Å². The number of methoxy groups -OCH3 is 1. The van der Waals surface area contributed by atoms with Crippen LogP contribution >= 0.6 is 22.6 Å². The van der Waals surface area contributed by atoms with E-state index in [9.17, 15) is 4.79 Å². The van der Waals surface area contributed by atoms with Crippen molar-refractivity contribution >= 4 is 28.6 Å². The molecule has 0 radical (unpaired) electrons. The van der Waals surface area contributed by atoms with Crippen molar-refractivity contribution in [2.75, 3.05) is 20.3 Å². The van der Waals surface area contributed by atoms with E-state index in [2.05, 4.69) is 22.6 Å². The van der Waals surface area contributed by atoms with Crippen molar-refractivity contribution in [2.45, 2.75) is 112 Å². The number of benzene rings is 2. The monoisotopic (exact) mass is 768 g/mol. The normalized spacial score (nSPS) is 36.3. The molecule has 4 saturated heterocycles. The Kier molecular flexibility index (Phi) is 10.7. The standard InChI is InChI=1S/C35H45IO11/c1-21-27(39-17-22-13-9-7-10-14-22)29(40-18-23-15-11-8-12-16-23)25(26(36)31(37)38-6)32(43-21)41-20-35-30(46-34(4,5)47-35)28-24(19-42-35)44-33(2,3)45-28/h7-16,21,24-30,32H,17-20H2,1-6H3/t21-,24+,25-,26+,27-,28+,29-,30-,32-,35-/m0/s1. The highest BCUT2D eigenvalue weighted by molar-refractivity contribution is 14.1. The average Bonchev–Trinajstić information content (AvgIpc) is 3.53. The Balaban J connectivity index is 1.28. The van der Waals surface area contributed by atoms with Crippen molar-refractivity contribution in [2.24, 2.45) is 5.92 Å². The Bertz CT molecular complexity index is 1340. The van der Waals surface area contributed by atoms with Gasteiger partial charge in [0, 0.05) is 0 Å². The van der Waals surface area contributed by atoms with Gasteiger partial charge in [0.1, 0.15) is 34.9 Å². The van der Waals surface area contributed by atoms with E-state index in [1.165, 1.54) is 7.11 Å². The van der Waals surface area contributed by atoms with E-state index in [-0.39, 0.29) is 19.3 Å². The molecule has 0 N–H and O–H groups in total. The van der Waals surface area contributed by atoms with Gasteiger partial charge in [0.2, 0.25) is 5.79 Å². The quantitative estimate of drug-likeness (QED) is 0.177. The zero-order valence-electron chi connectivity index (χ0n) is 27.7. The summed E-state index contributed by atoms with van der Waals surface area (Å²) in [7, 11) is 1.37. The van der Waals surface area contributed by atoms with Crippen LogP contribution in [0.15, 0.2) is 60.7 Å². The molecule has 0 unspecified atom stereocenters. The summed E-state index contributed by atoms with van der Waals surface area (Å²) >= 11 is 2.09. The van der Waals surface area contributed by atoms with Crippen LogP contribution in [0.2, 0.25) is 0 Å². The number of halogens is 1. The van der Waals surface area contributed by atoms with Gasteiger partial charge >= 0.3 is 5.97 Å². The van der Waals surface area contributed by atoms with E-state index in [0.29, 0.717) is 13.2 Å². The zero-order valence-corrected chi connectivity index (χ0v) is 29.8. The van der Waals surface area contributed by atoms with Crippen LogP contribution in [-0.2, 0) is 65.4 Å². The summed E-state index contributed by atoms with van der Waals surface area (Å²) in [6, 6.07) is 19.8. The van der Waals surface area contributed by atoms with Gasteiger partial charge in [-0.25, -0.2) is 0 Å². The van der Waals surface area contributed by atoms with Gasteiger partial charge in [0.25, 0.3) is 0 Å². The molecule has 4 aliphatic rings. The van der Waals surface area contributed by atoms with Gasteiger partial charge in [-0.1, -0.05) is 83.3 Å². The van der Waals surface area contributed by atoms with Crippen LogP contribution in [0.1, 0.15) is 45.7 Å². The van der Waals surface area contributed by atoms with Gasteiger partial charge in [-0.3, -0.25) is 4.79 Å². The second kappa shape index (κ2) is 14.3. The number of rotatable bonds is 11. The van der Waals surface area contributed by atoms with Crippen LogP contribution in [0, 0.1) is 5.92 Å². The SMILES string of the molecule is COC(=O)[C@H](I)[C@@H]1[C@@H](OC[C@@]23OC[C@H]4OC(C)(C)O[C@H]4[C@@H]2OC(C)(C)O3)O[C@@H](C)[C@H](OCc2ccccc2)[C@H]1OCc1ccccc1. The molecule has 2 aromatic carbocycles. The molecule has 258 valence electrons. The minimum absolute atomic E-state index is 0.0620. The fourth-order valence-corrected chi connectivity index (χ4v) is 7.86. The Morgan fingerprint density at radius 3 is 2.11 bits per heavy atom. The maximum atomic E-state index is 13.2. The minimum Gasteiger partial charge on any atom is -0.468 e. The summed E-state index contributed by atoms with van der Waals surface area (Å²) in [4.78, 5) is 13.2. The van der Waals surface area contributed by atoms with Gasteiger partial charge in [0.05, 0.1) is 45.1 Å². The molecule has 0 saturated carbocycles. The van der Waals surface area contributed by atoms with Crippen molar-refractivity contribution in [1.29, 1.82) is 0 Å². The largest absolute Gasteiger partial charge is 0.468 e. The van der Waals surface area contributed by atoms with E-state index >= 15 is 0 Å². The van der Waals surface area contributed by atoms with Crippen molar-refractivity contribution in [3.63, 3.8) is 0 Å². The van der Waals surface area contributed by atoms with Crippen LogP contribution in [0.5, 0.6) is 0 Å². The summed E-state index contributed by atoms with van der Waals surface area (Å²) in [6.07, 6.45) is -3.91. The van der Waals surface area contributed by atoms with E-state index in [1.807, 2.05) is 95.3 Å². The van der Waals surface area contributed by atoms with Gasteiger partial charge in [-0.15, -0.1) is 0 Å². The fourth-order valence-electron chi connectivity index (χ4n) is 6.86. The summed E-state index contributed by atoms with van der Waals surface area (Å²) in [5.41, 5.74) is 2.00. The molecule has 4 aliphatic heterocycles. The first kappa shape index (κ1) is 35.1. The molecule has 0 bridgehead atoms. The molecule has 0 aliphatic carbocycles. The highest BCUT2D eigenvalue weighted by atomic mass is 127. The lowest BCUT2D eigenvalue weighted by atomic mass is 9.88. The number of carbonyl (C=O) groups is 1. The fraction of sp³-hybridized carbons (Fsp3) is 0.629. The van der Waals surface area contributed by atoms with Crippen LogP contribution in [0.4, 0.5) is 0 Å².